The van der Waals surface area contributed by atoms with Gasteiger partial charge >= 0.3 is 5.97 Å². The number of rotatable bonds is 4. The van der Waals surface area contributed by atoms with E-state index in [9.17, 15) is 9.59 Å². The third kappa shape index (κ3) is 3.87. The Bertz CT molecular complexity index is 544. The molecule has 2 atom stereocenters. The summed E-state index contributed by atoms with van der Waals surface area (Å²) in [6.07, 6.45) is 0.232. The number of carboxylic acids is 1. The standard InChI is InChI=1S/C14H15Cl2NO4/c1-21-12-5-11(6-13(18)19)17(7-12)14(20)8-2-9(15)4-10(16)3-8/h2-4,11-12H,5-7H2,1H3,(H,18,19). The summed E-state index contributed by atoms with van der Waals surface area (Å²) in [5, 5.41) is 9.70. The fourth-order valence-electron chi connectivity index (χ4n) is 2.53. The van der Waals surface area contributed by atoms with Crippen molar-refractivity contribution in [3.63, 3.8) is 0 Å². The molecule has 1 aromatic rings. The first-order chi connectivity index (χ1) is 9.90. The van der Waals surface area contributed by atoms with Crippen molar-refractivity contribution in [3.8, 4) is 0 Å². The van der Waals surface area contributed by atoms with E-state index >= 15 is 0 Å². The Balaban J connectivity index is 2.24. The molecule has 0 saturated carbocycles. The molecule has 0 radical (unpaired) electrons. The first-order valence-electron chi connectivity index (χ1n) is 6.42. The molecule has 1 N–H and O–H groups in total. The molecular weight excluding hydrogens is 317 g/mol. The van der Waals surface area contributed by atoms with Gasteiger partial charge in [0.1, 0.15) is 0 Å². The van der Waals surface area contributed by atoms with Crippen LogP contribution in [0.2, 0.25) is 10.0 Å². The molecule has 1 aromatic carbocycles. The molecule has 2 rings (SSSR count). The lowest BCUT2D eigenvalue weighted by Crippen LogP contribution is -2.37. The zero-order chi connectivity index (χ0) is 15.6. The maximum atomic E-state index is 12.6. The largest absolute Gasteiger partial charge is 0.481 e. The lowest BCUT2D eigenvalue weighted by atomic mass is 10.1. The number of ether oxygens (including phenoxy) is 1. The number of nitrogens with zero attached hydrogens (tertiary/aromatic N) is 1. The van der Waals surface area contributed by atoms with Crippen molar-refractivity contribution < 1.29 is 19.4 Å². The number of halogens is 2. The van der Waals surface area contributed by atoms with Gasteiger partial charge in [-0.05, 0) is 24.6 Å². The molecule has 0 spiro atoms. The van der Waals surface area contributed by atoms with E-state index < -0.39 is 12.0 Å². The number of aliphatic carboxylic acids is 1. The molecule has 21 heavy (non-hydrogen) atoms. The van der Waals surface area contributed by atoms with E-state index in [-0.39, 0.29) is 18.4 Å². The van der Waals surface area contributed by atoms with Crippen LogP contribution in [0.5, 0.6) is 0 Å². The zero-order valence-electron chi connectivity index (χ0n) is 11.4. The van der Waals surface area contributed by atoms with Crippen molar-refractivity contribution in [1.82, 2.24) is 4.90 Å². The van der Waals surface area contributed by atoms with Crippen molar-refractivity contribution >= 4 is 35.1 Å². The van der Waals surface area contributed by atoms with Crippen molar-refractivity contribution in [2.75, 3.05) is 13.7 Å². The highest BCUT2D eigenvalue weighted by Crippen LogP contribution is 2.27. The van der Waals surface area contributed by atoms with Crippen molar-refractivity contribution in [2.24, 2.45) is 0 Å². The Kier molecular flexibility index (Phi) is 5.08. The van der Waals surface area contributed by atoms with E-state index in [4.69, 9.17) is 33.0 Å². The molecule has 1 saturated heterocycles. The number of carboxylic acid groups (broad SMARTS) is 1. The molecule has 7 heteroatoms. The highest BCUT2D eigenvalue weighted by Gasteiger charge is 2.37. The van der Waals surface area contributed by atoms with Crippen LogP contribution < -0.4 is 0 Å². The topological polar surface area (TPSA) is 66.8 Å². The lowest BCUT2D eigenvalue weighted by molar-refractivity contribution is -0.137. The van der Waals surface area contributed by atoms with Crippen LogP contribution in [0.1, 0.15) is 23.2 Å². The van der Waals surface area contributed by atoms with E-state index in [1.54, 1.807) is 7.11 Å². The molecular formula is C14H15Cl2NO4. The summed E-state index contributed by atoms with van der Waals surface area (Å²) >= 11 is 11.8. The van der Waals surface area contributed by atoms with Gasteiger partial charge < -0.3 is 14.7 Å². The van der Waals surface area contributed by atoms with Crippen molar-refractivity contribution in [3.05, 3.63) is 33.8 Å². The Hall–Kier alpha value is -1.30. The smallest absolute Gasteiger partial charge is 0.305 e. The van der Waals surface area contributed by atoms with E-state index in [1.807, 2.05) is 0 Å². The van der Waals surface area contributed by atoms with Gasteiger partial charge in [0.05, 0.1) is 12.5 Å². The molecule has 1 amide bonds. The number of hydrogen-bond acceptors (Lipinski definition) is 3. The summed E-state index contributed by atoms with van der Waals surface area (Å²) in [6.45, 7) is 0.359. The average Bonchev–Trinajstić information content (AvgIpc) is 2.79. The normalized spacial score (nSPS) is 21.6. The van der Waals surface area contributed by atoms with Crippen molar-refractivity contribution in [2.45, 2.75) is 25.0 Å². The zero-order valence-corrected chi connectivity index (χ0v) is 12.9. The molecule has 1 aliphatic heterocycles. The van der Waals surface area contributed by atoms with Gasteiger partial charge in [-0.1, -0.05) is 23.2 Å². The number of likely N-dealkylation sites (tertiary alicyclic amines) is 1. The molecule has 5 nitrogen and oxygen atoms in total. The summed E-state index contributed by atoms with van der Waals surface area (Å²) in [4.78, 5) is 25.0. The molecule has 1 aliphatic rings. The summed E-state index contributed by atoms with van der Waals surface area (Å²) < 4.78 is 5.25. The Morgan fingerprint density at radius 2 is 1.95 bits per heavy atom. The predicted octanol–water partition coefficient (Wildman–Crippen LogP) is 2.70. The van der Waals surface area contributed by atoms with Gasteiger partial charge in [-0.2, -0.15) is 0 Å². The summed E-state index contributed by atoms with van der Waals surface area (Å²) in [7, 11) is 1.55. The minimum absolute atomic E-state index is 0.111. The van der Waals surface area contributed by atoms with Gasteiger partial charge in [0.2, 0.25) is 0 Å². The SMILES string of the molecule is COC1CC(CC(=O)O)N(C(=O)c2cc(Cl)cc(Cl)c2)C1. The maximum Gasteiger partial charge on any atom is 0.305 e. The molecule has 1 fully saturated rings. The number of carbonyl (C=O) groups excluding carboxylic acids is 1. The average molecular weight is 332 g/mol. The minimum Gasteiger partial charge on any atom is -0.481 e. The second kappa shape index (κ2) is 6.64. The van der Waals surface area contributed by atoms with Crippen LogP contribution in [-0.2, 0) is 9.53 Å². The van der Waals surface area contributed by atoms with Gasteiger partial charge in [-0.3, -0.25) is 9.59 Å². The molecule has 0 aromatic heterocycles. The van der Waals surface area contributed by atoms with E-state index in [0.29, 0.717) is 28.6 Å². The highest BCUT2D eigenvalue weighted by atomic mass is 35.5. The molecule has 0 bridgehead atoms. The van der Waals surface area contributed by atoms with Crippen LogP contribution in [0.25, 0.3) is 0 Å². The molecule has 1 heterocycles. The monoisotopic (exact) mass is 331 g/mol. The number of carbonyl (C=O) groups is 2. The van der Waals surface area contributed by atoms with Gasteiger partial charge in [0.25, 0.3) is 5.91 Å². The van der Waals surface area contributed by atoms with E-state index in [1.165, 1.54) is 23.1 Å². The van der Waals surface area contributed by atoms with Crippen LogP contribution in [-0.4, -0.2) is 47.7 Å². The highest BCUT2D eigenvalue weighted by molar-refractivity contribution is 6.35. The van der Waals surface area contributed by atoms with Gasteiger partial charge in [0.15, 0.2) is 0 Å². The number of amides is 1. The second-order valence-electron chi connectivity index (χ2n) is 4.96. The van der Waals surface area contributed by atoms with Gasteiger partial charge in [0, 0.05) is 35.3 Å². The third-order valence-electron chi connectivity index (χ3n) is 3.49. The van der Waals surface area contributed by atoms with Crippen LogP contribution >= 0.6 is 23.2 Å². The number of methoxy groups -OCH3 is 1. The first kappa shape index (κ1) is 16.1. The van der Waals surface area contributed by atoms with Crippen LogP contribution in [0.3, 0.4) is 0 Å². The van der Waals surface area contributed by atoms with Crippen LogP contribution in [0, 0.1) is 0 Å². The molecule has 2 unspecified atom stereocenters. The molecule has 0 aliphatic carbocycles. The Morgan fingerprint density at radius 1 is 1.33 bits per heavy atom. The number of benzene rings is 1. The number of hydrogen-bond donors (Lipinski definition) is 1. The minimum atomic E-state index is -0.946. The van der Waals surface area contributed by atoms with E-state index in [2.05, 4.69) is 0 Å². The molecule has 114 valence electrons. The lowest BCUT2D eigenvalue weighted by Gasteiger charge is -2.23. The second-order valence-corrected chi connectivity index (χ2v) is 5.83. The quantitative estimate of drug-likeness (QED) is 0.921. The van der Waals surface area contributed by atoms with Crippen LogP contribution in [0.4, 0.5) is 0 Å². The Labute approximate surface area is 132 Å². The predicted molar refractivity (Wildman–Crippen MR) is 79.0 cm³/mol. The Morgan fingerprint density at radius 3 is 2.48 bits per heavy atom. The first-order valence-corrected chi connectivity index (χ1v) is 7.18. The van der Waals surface area contributed by atoms with Crippen molar-refractivity contribution in [1.29, 1.82) is 0 Å². The van der Waals surface area contributed by atoms with Gasteiger partial charge in [-0.25, -0.2) is 0 Å². The van der Waals surface area contributed by atoms with Crippen LogP contribution in [0.15, 0.2) is 18.2 Å². The fraction of sp³-hybridized carbons (Fsp3) is 0.429. The van der Waals surface area contributed by atoms with E-state index in [0.717, 1.165) is 0 Å². The maximum absolute atomic E-state index is 12.6. The summed E-state index contributed by atoms with van der Waals surface area (Å²) in [5.41, 5.74) is 0.347. The summed E-state index contributed by atoms with van der Waals surface area (Å²) in [5.74, 6) is -1.23. The summed E-state index contributed by atoms with van der Waals surface area (Å²) in [6, 6.07) is 4.19. The fourth-order valence-corrected chi connectivity index (χ4v) is 3.06. The van der Waals surface area contributed by atoms with Gasteiger partial charge in [-0.15, -0.1) is 0 Å². The third-order valence-corrected chi connectivity index (χ3v) is 3.93.